The van der Waals surface area contributed by atoms with Crippen LogP contribution in [0.15, 0.2) is 78.5 Å². The second kappa shape index (κ2) is 8.96. The molecule has 7 nitrogen and oxygen atoms in total. The van der Waals surface area contributed by atoms with Crippen molar-refractivity contribution in [1.82, 2.24) is 0 Å². The van der Waals surface area contributed by atoms with Gasteiger partial charge in [-0.1, -0.05) is 18.2 Å². The second-order valence-electron chi connectivity index (χ2n) is 7.29. The number of benzene rings is 3. The summed E-state index contributed by atoms with van der Waals surface area (Å²) in [4.78, 5) is 39.0. The SMILES string of the molecule is COc1ccc(NC2=C(c3ccc(NC(C)=O)cc3)C(=O)N(c3cccc(F)c3)C2=O)cc1. The summed E-state index contributed by atoms with van der Waals surface area (Å²) in [6, 6.07) is 18.7. The van der Waals surface area contributed by atoms with E-state index < -0.39 is 17.6 Å². The molecule has 1 aliphatic rings. The third-order valence-corrected chi connectivity index (χ3v) is 5.00. The Morgan fingerprint density at radius 2 is 1.58 bits per heavy atom. The number of halogens is 1. The summed E-state index contributed by atoms with van der Waals surface area (Å²) in [6.07, 6.45) is 0. The number of anilines is 3. The summed E-state index contributed by atoms with van der Waals surface area (Å²) in [5.41, 5.74) is 1.91. The normalized spacial score (nSPS) is 13.4. The Labute approximate surface area is 189 Å². The van der Waals surface area contributed by atoms with Gasteiger partial charge in [0.05, 0.1) is 18.4 Å². The summed E-state index contributed by atoms with van der Waals surface area (Å²) in [5.74, 6) is -1.35. The van der Waals surface area contributed by atoms with Gasteiger partial charge < -0.3 is 15.4 Å². The fourth-order valence-corrected chi connectivity index (χ4v) is 3.51. The van der Waals surface area contributed by atoms with Gasteiger partial charge in [0.1, 0.15) is 17.3 Å². The maximum absolute atomic E-state index is 13.8. The highest BCUT2D eigenvalue weighted by atomic mass is 19.1. The molecule has 0 unspecified atom stereocenters. The van der Waals surface area contributed by atoms with Crippen LogP contribution in [0.1, 0.15) is 12.5 Å². The van der Waals surface area contributed by atoms with Gasteiger partial charge in [-0.2, -0.15) is 0 Å². The summed E-state index contributed by atoms with van der Waals surface area (Å²) in [6.45, 7) is 1.39. The van der Waals surface area contributed by atoms with Crippen molar-refractivity contribution < 1.29 is 23.5 Å². The van der Waals surface area contributed by atoms with E-state index in [4.69, 9.17) is 4.74 Å². The largest absolute Gasteiger partial charge is 0.497 e. The molecule has 0 aliphatic carbocycles. The molecule has 0 atom stereocenters. The van der Waals surface area contributed by atoms with Crippen LogP contribution in [0.25, 0.3) is 5.57 Å². The average molecular weight is 445 g/mol. The first-order valence-electron chi connectivity index (χ1n) is 10.0. The highest BCUT2D eigenvalue weighted by molar-refractivity contribution is 6.46. The topological polar surface area (TPSA) is 87.7 Å². The van der Waals surface area contributed by atoms with Crippen LogP contribution in [0.5, 0.6) is 5.75 Å². The fraction of sp³-hybridized carbons (Fsp3) is 0.0800. The fourth-order valence-electron chi connectivity index (χ4n) is 3.51. The molecule has 0 fully saturated rings. The number of nitrogens with one attached hydrogen (secondary N) is 2. The van der Waals surface area contributed by atoms with Crippen LogP contribution in [0, 0.1) is 5.82 Å². The van der Waals surface area contributed by atoms with Gasteiger partial charge in [-0.15, -0.1) is 0 Å². The lowest BCUT2D eigenvalue weighted by Crippen LogP contribution is -2.32. The Hall–Kier alpha value is -4.46. The number of carbonyl (C=O) groups excluding carboxylic acids is 3. The van der Waals surface area contributed by atoms with Crippen LogP contribution >= 0.6 is 0 Å². The molecule has 2 N–H and O–H groups in total. The van der Waals surface area contributed by atoms with Gasteiger partial charge in [0.2, 0.25) is 5.91 Å². The van der Waals surface area contributed by atoms with Gasteiger partial charge in [-0.3, -0.25) is 14.4 Å². The molecule has 0 spiro atoms. The van der Waals surface area contributed by atoms with Crippen molar-refractivity contribution in [3.63, 3.8) is 0 Å². The van der Waals surface area contributed by atoms with Crippen molar-refractivity contribution in [2.75, 3.05) is 22.6 Å². The number of carbonyl (C=O) groups is 3. The Kier molecular flexibility index (Phi) is 5.91. The molecule has 4 rings (SSSR count). The van der Waals surface area contributed by atoms with Crippen LogP contribution in [-0.2, 0) is 14.4 Å². The van der Waals surface area contributed by atoms with Crippen molar-refractivity contribution in [3.8, 4) is 5.75 Å². The number of methoxy groups -OCH3 is 1. The second-order valence-corrected chi connectivity index (χ2v) is 7.29. The number of nitrogens with zero attached hydrogens (tertiary/aromatic N) is 1. The zero-order valence-corrected chi connectivity index (χ0v) is 17.9. The quantitative estimate of drug-likeness (QED) is 0.556. The number of ether oxygens (including phenoxy) is 1. The Morgan fingerprint density at radius 1 is 0.909 bits per heavy atom. The Bertz CT molecular complexity index is 1270. The minimum absolute atomic E-state index is 0.0571. The molecule has 0 saturated carbocycles. The summed E-state index contributed by atoms with van der Waals surface area (Å²) in [5, 5.41) is 5.69. The third kappa shape index (κ3) is 4.45. The summed E-state index contributed by atoms with van der Waals surface area (Å²) in [7, 11) is 1.55. The van der Waals surface area contributed by atoms with E-state index in [0.29, 0.717) is 22.7 Å². The third-order valence-electron chi connectivity index (χ3n) is 5.00. The molecule has 0 saturated heterocycles. The van der Waals surface area contributed by atoms with Crippen molar-refractivity contribution in [2.45, 2.75) is 6.92 Å². The van der Waals surface area contributed by atoms with Gasteiger partial charge in [0.15, 0.2) is 0 Å². The Balaban J connectivity index is 1.77. The lowest BCUT2D eigenvalue weighted by atomic mass is 10.0. The first kappa shape index (κ1) is 21.8. The standard InChI is InChI=1S/C25H20FN3O4/c1-15(30)27-18-8-6-16(7-9-18)22-23(28-19-10-12-21(33-2)13-11-19)25(32)29(24(22)31)20-5-3-4-17(26)14-20/h3-14,28H,1-2H3,(H,27,30). The number of hydrogen-bond acceptors (Lipinski definition) is 5. The predicted molar refractivity (Wildman–Crippen MR) is 123 cm³/mol. The Morgan fingerprint density at radius 3 is 2.18 bits per heavy atom. The van der Waals surface area contributed by atoms with Crippen LogP contribution < -0.4 is 20.3 Å². The van der Waals surface area contributed by atoms with Crippen molar-refractivity contribution in [2.24, 2.45) is 0 Å². The van der Waals surface area contributed by atoms with E-state index in [1.807, 2.05) is 0 Å². The van der Waals surface area contributed by atoms with E-state index in [1.54, 1.807) is 55.6 Å². The molecule has 166 valence electrons. The van der Waals surface area contributed by atoms with Gasteiger partial charge >= 0.3 is 0 Å². The summed E-state index contributed by atoms with van der Waals surface area (Å²) >= 11 is 0. The molecule has 3 aromatic carbocycles. The zero-order chi connectivity index (χ0) is 23.5. The predicted octanol–water partition coefficient (Wildman–Crippen LogP) is 4.19. The maximum Gasteiger partial charge on any atom is 0.282 e. The molecule has 0 aromatic heterocycles. The smallest absolute Gasteiger partial charge is 0.282 e. The van der Waals surface area contributed by atoms with E-state index in [0.717, 1.165) is 11.0 Å². The number of imide groups is 1. The average Bonchev–Trinajstić information content (AvgIpc) is 3.04. The van der Waals surface area contributed by atoms with Gasteiger partial charge in [-0.05, 0) is 60.2 Å². The number of hydrogen-bond donors (Lipinski definition) is 2. The highest BCUT2D eigenvalue weighted by Gasteiger charge is 2.40. The molecule has 1 heterocycles. The molecule has 1 aliphatic heterocycles. The van der Waals surface area contributed by atoms with Crippen LogP contribution in [-0.4, -0.2) is 24.8 Å². The van der Waals surface area contributed by atoms with Crippen molar-refractivity contribution in [3.05, 3.63) is 89.9 Å². The molecular formula is C25H20FN3O4. The van der Waals surface area contributed by atoms with Gasteiger partial charge in [0.25, 0.3) is 11.8 Å². The first-order chi connectivity index (χ1) is 15.9. The van der Waals surface area contributed by atoms with E-state index >= 15 is 0 Å². The van der Waals surface area contributed by atoms with Crippen LogP contribution in [0.2, 0.25) is 0 Å². The van der Waals surface area contributed by atoms with Crippen LogP contribution in [0.4, 0.5) is 21.5 Å². The first-order valence-corrected chi connectivity index (χ1v) is 10.0. The minimum Gasteiger partial charge on any atom is -0.497 e. The molecule has 3 aromatic rings. The monoisotopic (exact) mass is 445 g/mol. The lowest BCUT2D eigenvalue weighted by molar-refractivity contribution is -0.120. The lowest BCUT2D eigenvalue weighted by Gasteiger charge is -2.15. The zero-order valence-electron chi connectivity index (χ0n) is 17.9. The highest BCUT2D eigenvalue weighted by Crippen LogP contribution is 2.34. The van der Waals surface area contributed by atoms with E-state index in [-0.39, 0.29) is 22.9 Å². The van der Waals surface area contributed by atoms with Crippen molar-refractivity contribution >= 4 is 40.4 Å². The van der Waals surface area contributed by atoms with Gasteiger partial charge in [-0.25, -0.2) is 9.29 Å². The molecule has 0 radical (unpaired) electrons. The molecular weight excluding hydrogens is 425 g/mol. The van der Waals surface area contributed by atoms with E-state index in [2.05, 4.69) is 10.6 Å². The number of amides is 3. The minimum atomic E-state index is -0.609. The van der Waals surface area contributed by atoms with E-state index in [9.17, 15) is 18.8 Å². The van der Waals surface area contributed by atoms with Crippen LogP contribution in [0.3, 0.4) is 0 Å². The maximum atomic E-state index is 13.8. The molecule has 0 bridgehead atoms. The van der Waals surface area contributed by atoms with Crippen molar-refractivity contribution in [1.29, 1.82) is 0 Å². The molecule has 3 amide bonds. The van der Waals surface area contributed by atoms with E-state index in [1.165, 1.54) is 25.1 Å². The molecule has 33 heavy (non-hydrogen) atoms. The number of rotatable bonds is 6. The van der Waals surface area contributed by atoms with Gasteiger partial charge in [0, 0.05) is 18.3 Å². The molecule has 8 heteroatoms. The summed E-state index contributed by atoms with van der Waals surface area (Å²) < 4.78 is 19.0.